The lowest BCUT2D eigenvalue weighted by molar-refractivity contribution is 0.00376. The summed E-state index contributed by atoms with van der Waals surface area (Å²) in [5.41, 5.74) is 0. The van der Waals surface area contributed by atoms with E-state index in [1.807, 2.05) is 11.3 Å². The van der Waals surface area contributed by atoms with E-state index in [9.17, 15) is 0 Å². The number of piperazine rings is 1. The van der Waals surface area contributed by atoms with Crippen molar-refractivity contribution in [3.63, 3.8) is 0 Å². The van der Waals surface area contributed by atoms with Crippen LogP contribution < -0.4 is 0 Å². The summed E-state index contributed by atoms with van der Waals surface area (Å²) in [5.74, 6) is 0. The molecule has 1 aromatic rings. The van der Waals surface area contributed by atoms with Crippen LogP contribution >= 0.6 is 11.3 Å². The molecule has 2 unspecified atom stereocenters. The molecule has 0 aromatic carbocycles. The maximum Gasteiger partial charge on any atom is 0.0332 e. The van der Waals surface area contributed by atoms with Gasteiger partial charge in [0.05, 0.1) is 0 Å². The van der Waals surface area contributed by atoms with Crippen LogP contribution in [0, 0.1) is 0 Å². The molecule has 3 rings (SSSR count). The summed E-state index contributed by atoms with van der Waals surface area (Å²) >= 11 is 1.90. The molecule has 0 N–H and O–H groups in total. The highest BCUT2D eigenvalue weighted by Gasteiger charge is 2.33. The van der Waals surface area contributed by atoms with Gasteiger partial charge < -0.3 is 0 Å². The molecule has 3 heterocycles. The minimum atomic E-state index is 0.765. The van der Waals surface area contributed by atoms with Gasteiger partial charge in [0.2, 0.25) is 0 Å². The predicted octanol–water partition coefficient (Wildman–Crippen LogP) is 3.20. The molecular formula is C15H24N2S. The van der Waals surface area contributed by atoms with E-state index >= 15 is 0 Å². The quantitative estimate of drug-likeness (QED) is 0.827. The average Bonchev–Trinajstić information content (AvgIpc) is 2.91. The van der Waals surface area contributed by atoms with Crippen molar-refractivity contribution in [2.45, 2.75) is 51.2 Å². The van der Waals surface area contributed by atoms with Gasteiger partial charge in [-0.2, -0.15) is 0 Å². The Kier molecular flexibility index (Phi) is 4.02. The Balaban J connectivity index is 1.68. The van der Waals surface area contributed by atoms with Gasteiger partial charge in [0.1, 0.15) is 0 Å². The first-order valence-electron chi connectivity index (χ1n) is 7.37. The third-order valence-corrected chi connectivity index (χ3v) is 5.43. The Morgan fingerprint density at radius 1 is 1.33 bits per heavy atom. The fraction of sp³-hybridized carbons (Fsp3) is 0.733. The Morgan fingerprint density at radius 2 is 2.28 bits per heavy atom. The normalized spacial score (nSPS) is 30.3. The predicted molar refractivity (Wildman–Crippen MR) is 78.0 cm³/mol. The highest BCUT2D eigenvalue weighted by atomic mass is 32.1. The molecule has 0 bridgehead atoms. The second kappa shape index (κ2) is 5.72. The van der Waals surface area contributed by atoms with Crippen molar-refractivity contribution in [3.8, 4) is 0 Å². The Labute approximate surface area is 115 Å². The van der Waals surface area contributed by atoms with Gasteiger partial charge in [-0.05, 0) is 37.3 Å². The molecule has 0 saturated carbocycles. The molecule has 1 aromatic heterocycles. The third kappa shape index (κ3) is 2.63. The van der Waals surface area contributed by atoms with Crippen LogP contribution in [0.25, 0.3) is 0 Å². The summed E-state index contributed by atoms with van der Waals surface area (Å²) in [4.78, 5) is 7.01. The minimum Gasteiger partial charge on any atom is -0.298 e. The van der Waals surface area contributed by atoms with Gasteiger partial charge in [0.25, 0.3) is 0 Å². The van der Waals surface area contributed by atoms with Gasteiger partial charge in [0.15, 0.2) is 0 Å². The molecule has 2 aliphatic heterocycles. The van der Waals surface area contributed by atoms with Crippen LogP contribution in [-0.4, -0.2) is 41.5 Å². The van der Waals surface area contributed by atoms with E-state index in [0.29, 0.717) is 0 Å². The first kappa shape index (κ1) is 12.6. The van der Waals surface area contributed by atoms with E-state index < -0.39 is 0 Å². The number of hydrogen-bond donors (Lipinski definition) is 0. The lowest BCUT2D eigenvalue weighted by atomic mass is 9.96. The van der Waals surface area contributed by atoms with Gasteiger partial charge in [0, 0.05) is 36.6 Å². The van der Waals surface area contributed by atoms with E-state index in [2.05, 4.69) is 34.2 Å². The molecular weight excluding hydrogens is 240 g/mol. The highest BCUT2D eigenvalue weighted by molar-refractivity contribution is 7.09. The number of rotatable bonds is 3. The van der Waals surface area contributed by atoms with Crippen molar-refractivity contribution < 1.29 is 0 Å². The van der Waals surface area contributed by atoms with E-state index in [1.54, 1.807) is 0 Å². The fourth-order valence-electron chi connectivity index (χ4n) is 3.50. The van der Waals surface area contributed by atoms with E-state index in [1.165, 1.54) is 56.7 Å². The number of nitrogens with zero attached hydrogens (tertiary/aromatic N) is 2. The van der Waals surface area contributed by atoms with Gasteiger partial charge in [-0.3, -0.25) is 9.80 Å². The first-order chi connectivity index (χ1) is 8.86. The largest absolute Gasteiger partial charge is 0.298 e. The Morgan fingerprint density at radius 3 is 3.06 bits per heavy atom. The van der Waals surface area contributed by atoms with Crippen LogP contribution in [0.1, 0.15) is 37.5 Å². The van der Waals surface area contributed by atoms with Gasteiger partial charge in [-0.1, -0.05) is 19.4 Å². The SMILES string of the molecule is CCC1CN2CCCCC2CN1Cc1cccs1. The van der Waals surface area contributed by atoms with Crippen LogP contribution in [0.2, 0.25) is 0 Å². The average molecular weight is 264 g/mol. The van der Waals surface area contributed by atoms with Crippen molar-refractivity contribution in [2.75, 3.05) is 19.6 Å². The van der Waals surface area contributed by atoms with Crippen LogP contribution in [0.5, 0.6) is 0 Å². The van der Waals surface area contributed by atoms with Crippen LogP contribution in [0.15, 0.2) is 17.5 Å². The Bertz CT molecular complexity index is 363. The summed E-state index contributed by atoms with van der Waals surface area (Å²) in [5, 5.41) is 2.20. The summed E-state index contributed by atoms with van der Waals surface area (Å²) in [7, 11) is 0. The van der Waals surface area contributed by atoms with Crippen LogP contribution in [0.4, 0.5) is 0 Å². The first-order valence-corrected chi connectivity index (χ1v) is 8.25. The zero-order chi connectivity index (χ0) is 12.4. The number of fused-ring (bicyclic) bond motifs is 1. The van der Waals surface area contributed by atoms with Gasteiger partial charge in [-0.25, -0.2) is 0 Å². The van der Waals surface area contributed by atoms with E-state index in [-0.39, 0.29) is 0 Å². The molecule has 0 amide bonds. The smallest absolute Gasteiger partial charge is 0.0332 e. The number of hydrogen-bond acceptors (Lipinski definition) is 3. The van der Waals surface area contributed by atoms with Crippen LogP contribution in [-0.2, 0) is 6.54 Å². The Hall–Kier alpha value is -0.380. The van der Waals surface area contributed by atoms with Crippen LogP contribution in [0.3, 0.4) is 0 Å². The lowest BCUT2D eigenvalue weighted by Crippen LogP contribution is -2.58. The van der Waals surface area contributed by atoms with Crippen molar-refractivity contribution in [3.05, 3.63) is 22.4 Å². The second-order valence-electron chi connectivity index (χ2n) is 5.72. The van der Waals surface area contributed by atoms with E-state index in [4.69, 9.17) is 0 Å². The molecule has 2 atom stereocenters. The van der Waals surface area contributed by atoms with Crippen molar-refractivity contribution in [2.24, 2.45) is 0 Å². The maximum atomic E-state index is 2.75. The zero-order valence-corrected chi connectivity index (χ0v) is 12.2. The third-order valence-electron chi connectivity index (χ3n) is 4.57. The summed E-state index contributed by atoms with van der Waals surface area (Å²) < 4.78 is 0. The lowest BCUT2D eigenvalue weighted by Gasteiger charge is -2.48. The molecule has 2 aliphatic rings. The van der Waals surface area contributed by atoms with Crippen molar-refractivity contribution in [1.82, 2.24) is 9.80 Å². The summed E-state index contributed by atoms with van der Waals surface area (Å²) in [6, 6.07) is 6.06. The molecule has 100 valence electrons. The molecule has 0 aliphatic carbocycles. The van der Waals surface area contributed by atoms with E-state index in [0.717, 1.165) is 12.1 Å². The monoisotopic (exact) mass is 264 g/mol. The number of thiophene rings is 1. The maximum absolute atomic E-state index is 2.75. The molecule has 2 nitrogen and oxygen atoms in total. The summed E-state index contributed by atoms with van der Waals surface area (Å²) in [6.07, 6.45) is 5.55. The molecule has 0 radical (unpaired) electrons. The van der Waals surface area contributed by atoms with Crippen molar-refractivity contribution in [1.29, 1.82) is 0 Å². The second-order valence-corrected chi connectivity index (χ2v) is 6.75. The number of piperidine rings is 1. The fourth-order valence-corrected chi connectivity index (χ4v) is 4.23. The minimum absolute atomic E-state index is 0.765. The molecule has 2 fully saturated rings. The molecule has 18 heavy (non-hydrogen) atoms. The molecule has 2 saturated heterocycles. The zero-order valence-electron chi connectivity index (χ0n) is 11.3. The molecule has 0 spiro atoms. The summed E-state index contributed by atoms with van der Waals surface area (Å²) in [6.45, 7) is 7.44. The van der Waals surface area contributed by atoms with Gasteiger partial charge in [-0.15, -0.1) is 11.3 Å². The standard InChI is InChI=1S/C15H24N2S/c1-2-13-10-16-8-4-3-6-14(16)11-17(13)12-15-7-5-9-18-15/h5,7,9,13-14H,2-4,6,8,10-12H2,1H3. The topological polar surface area (TPSA) is 6.48 Å². The highest BCUT2D eigenvalue weighted by Crippen LogP contribution is 2.27. The van der Waals surface area contributed by atoms with Gasteiger partial charge >= 0.3 is 0 Å². The molecule has 3 heteroatoms. The van der Waals surface area contributed by atoms with Crippen molar-refractivity contribution >= 4 is 11.3 Å².